The van der Waals surface area contributed by atoms with Crippen LogP contribution in [0.3, 0.4) is 0 Å². The van der Waals surface area contributed by atoms with E-state index in [0.717, 1.165) is 0 Å². The number of hydrogen-bond acceptors (Lipinski definition) is 4. The van der Waals surface area contributed by atoms with Crippen LogP contribution in [0.5, 0.6) is 0 Å². The van der Waals surface area contributed by atoms with Crippen LogP contribution >= 0.6 is 0 Å². The van der Waals surface area contributed by atoms with Gasteiger partial charge in [0.2, 0.25) is 0 Å². The molecule has 0 bridgehead atoms. The zero-order valence-electron chi connectivity index (χ0n) is 5.63. The van der Waals surface area contributed by atoms with Gasteiger partial charge in [-0.1, -0.05) is 0 Å². The molecule has 0 spiro atoms. The normalized spacial score (nSPS) is 7.00. The van der Waals surface area contributed by atoms with Crippen molar-refractivity contribution in [2.75, 3.05) is 14.2 Å². The molecule has 0 aromatic carbocycles. The van der Waals surface area contributed by atoms with Gasteiger partial charge in [-0.2, -0.15) is 0 Å². The Morgan fingerprint density at radius 3 is 1.40 bits per heavy atom. The van der Waals surface area contributed by atoms with Crippen LogP contribution in [0, 0.1) is 0 Å². The molecule has 0 saturated heterocycles. The number of rotatable bonds is 3. The van der Waals surface area contributed by atoms with Gasteiger partial charge in [-0.05, 0) is 0 Å². The van der Waals surface area contributed by atoms with Crippen molar-refractivity contribution < 1.29 is 19.1 Å². The Bertz CT molecular complexity index is 182. The van der Waals surface area contributed by atoms with Crippen LogP contribution in [0.4, 0.5) is 0 Å². The van der Waals surface area contributed by atoms with Crippen LogP contribution in [0.1, 0.15) is 0 Å². The van der Waals surface area contributed by atoms with Gasteiger partial charge in [0.25, 0.3) is 11.5 Å². The lowest BCUT2D eigenvalue weighted by Crippen LogP contribution is -1.96. The summed E-state index contributed by atoms with van der Waals surface area (Å²) in [5.74, 6) is 2.19. The van der Waals surface area contributed by atoms with Crippen molar-refractivity contribution in [1.82, 2.24) is 0 Å². The summed E-state index contributed by atoms with van der Waals surface area (Å²) in [5, 5.41) is 0. The maximum Gasteiger partial charge on any atom is 0.258 e. The van der Waals surface area contributed by atoms with E-state index in [1.165, 1.54) is 26.1 Å². The van der Waals surface area contributed by atoms with Crippen LogP contribution in [0.25, 0.3) is 0 Å². The highest BCUT2D eigenvalue weighted by Crippen LogP contribution is 2.02. The molecule has 0 atom stereocenters. The third-order valence-corrected chi connectivity index (χ3v) is 0.800. The lowest BCUT2D eigenvalue weighted by atomic mass is 10.5. The molecule has 0 aliphatic carbocycles. The second-order valence-electron chi connectivity index (χ2n) is 1.27. The molecule has 10 heavy (non-hydrogen) atoms. The predicted molar refractivity (Wildman–Crippen MR) is 32.4 cm³/mol. The Labute approximate surface area is 57.7 Å². The quantitative estimate of drug-likeness (QED) is 0.308. The molecule has 4 heteroatoms. The van der Waals surface area contributed by atoms with Gasteiger partial charge in [0.05, 0.1) is 14.2 Å². The maximum atomic E-state index is 9.93. The van der Waals surface area contributed by atoms with Crippen molar-refractivity contribution in [3.8, 4) is 0 Å². The number of methoxy groups -OCH3 is 2. The van der Waals surface area contributed by atoms with E-state index in [-0.39, 0.29) is 11.5 Å². The first-order valence-corrected chi connectivity index (χ1v) is 2.38. The molecule has 4 nitrogen and oxygen atoms in total. The minimum atomic E-state index is -0.280. The molecule has 0 aliphatic heterocycles. The van der Waals surface area contributed by atoms with E-state index in [1.807, 2.05) is 0 Å². The van der Waals surface area contributed by atoms with Gasteiger partial charge in [0.1, 0.15) is 0 Å². The van der Waals surface area contributed by atoms with Crippen LogP contribution in [-0.4, -0.2) is 26.1 Å². The second kappa shape index (κ2) is 4.39. The minimum absolute atomic E-state index is 0.280. The van der Waals surface area contributed by atoms with Gasteiger partial charge in [-0.25, -0.2) is 9.59 Å². The zero-order chi connectivity index (χ0) is 7.98. The fraction of sp³-hybridized carbons (Fsp3) is 0.333. The highest BCUT2D eigenvalue weighted by molar-refractivity contribution is 5.66. The summed E-state index contributed by atoms with van der Waals surface area (Å²) in [4.78, 5) is 19.9. The third kappa shape index (κ3) is 1.78. The van der Waals surface area contributed by atoms with Crippen LogP contribution in [-0.2, 0) is 19.1 Å². The Morgan fingerprint density at radius 2 is 1.30 bits per heavy atom. The van der Waals surface area contributed by atoms with Crippen molar-refractivity contribution in [1.29, 1.82) is 0 Å². The largest absolute Gasteiger partial charge is 0.483 e. The Hall–Kier alpha value is -1.50. The summed E-state index contributed by atoms with van der Waals surface area (Å²) in [6, 6.07) is 0. The summed E-state index contributed by atoms with van der Waals surface area (Å²) in [6.07, 6.45) is 0. The van der Waals surface area contributed by atoms with Gasteiger partial charge in [0, 0.05) is 0 Å². The summed E-state index contributed by atoms with van der Waals surface area (Å²) >= 11 is 0. The van der Waals surface area contributed by atoms with Crippen molar-refractivity contribution in [2.24, 2.45) is 0 Å². The first kappa shape index (κ1) is 8.50. The number of carbonyl (C=O) groups excluding carboxylic acids is 2. The number of hydrogen-bond donors (Lipinski definition) is 0. The van der Waals surface area contributed by atoms with Gasteiger partial charge in [-0.3, -0.25) is 0 Å². The van der Waals surface area contributed by atoms with E-state index in [1.54, 1.807) is 0 Å². The molecule has 0 amide bonds. The fourth-order valence-electron chi connectivity index (χ4n) is 0.361. The minimum Gasteiger partial charge on any atom is -0.483 e. The molecule has 0 radical (unpaired) electrons. The standard InChI is InChI=1S/C6H6O4/c1-9-5(3-7)6(4-8)10-2/h1-2H3. The summed E-state index contributed by atoms with van der Waals surface area (Å²) < 4.78 is 8.82. The molecule has 0 unspecified atom stereocenters. The molecule has 0 saturated carbocycles. The topological polar surface area (TPSA) is 52.6 Å². The monoisotopic (exact) mass is 142 g/mol. The molecule has 0 rings (SSSR count). The molecule has 54 valence electrons. The SMILES string of the molecule is COC(=C=O)C(=C=O)OC. The van der Waals surface area contributed by atoms with Gasteiger partial charge in [0.15, 0.2) is 11.9 Å². The predicted octanol–water partition coefficient (Wildman–Crippen LogP) is -0.290. The Kier molecular flexibility index (Phi) is 3.73. The average molecular weight is 142 g/mol. The second-order valence-corrected chi connectivity index (χ2v) is 1.27. The van der Waals surface area contributed by atoms with E-state index in [2.05, 4.69) is 9.47 Å². The lowest BCUT2D eigenvalue weighted by molar-refractivity contribution is 0.225. The van der Waals surface area contributed by atoms with E-state index < -0.39 is 0 Å². The molecule has 0 heterocycles. The number of ether oxygens (including phenoxy) is 2. The van der Waals surface area contributed by atoms with Crippen molar-refractivity contribution in [3.05, 3.63) is 11.5 Å². The molecule has 0 aliphatic rings. The smallest absolute Gasteiger partial charge is 0.258 e. The van der Waals surface area contributed by atoms with Crippen LogP contribution in [0.15, 0.2) is 11.5 Å². The summed E-state index contributed by atoms with van der Waals surface area (Å²) in [6.45, 7) is 0. The molecule has 0 aromatic heterocycles. The molecule has 0 N–H and O–H groups in total. The first-order valence-electron chi connectivity index (χ1n) is 2.38. The highest BCUT2D eigenvalue weighted by Gasteiger charge is 2.06. The summed E-state index contributed by atoms with van der Waals surface area (Å²) in [7, 11) is 2.47. The zero-order valence-corrected chi connectivity index (χ0v) is 5.63. The van der Waals surface area contributed by atoms with Gasteiger partial charge < -0.3 is 9.47 Å². The van der Waals surface area contributed by atoms with Gasteiger partial charge >= 0.3 is 0 Å². The molecular formula is C6H6O4. The van der Waals surface area contributed by atoms with E-state index in [4.69, 9.17) is 0 Å². The molecule has 0 aromatic rings. The Morgan fingerprint density at radius 1 is 1.00 bits per heavy atom. The maximum absolute atomic E-state index is 9.93. The molecular weight excluding hydrogens is 136 g/mol. The van der Waals surface area contributed by atoms with Crippen molar-refractivity contribution >= 4 is 11.9 Å². The highest BCUT2D eigenvalue weighted by atomic mass is 16.5. The fourth-order valence-corrected chi connectivity index (χ4v) is 0.361. The Balaban J connectivity index is 4.60. The first-order chi connectivity index (χ1) is 4.79. The molecule has 0 fully saturated rings. The lowest BCUT2D eigenvalue weighted by Gasteiger charge is -1.99. The summed E-state index contributed by atoms with van der Waals surface area (Å²) in [5.41, 5.74) is 0. The van der Waals surface area contributed by atoms with Crippen molar-refractivity contribution in [3.63, 3.8) is 0 Å². The third-order valence-electron chi connectivity index (χ3n) is 0.800. The van der Waals surface area contributed by atoms with Crippen molar-refractivity contribution in [2.45, 2.75) is 0 Å². The van der Waals surface area contributed by atoms with Crippen LogP contribution in [0.2, 0.25) is 0 Å². The average Bonchev–Trinajstić information content (AvgIpc) is 2.00. The van der Waals surface area contributed by atoms with E-state index in [9.17, 15) is 9.59 Å². The van der Waals surface area contributed by atoms with Crippen LogP contribution < -0.4 is 0 Å². The van der Waals surface area contributed by atoms with Gasteiger partial charge in [-0.15, -0.1) is 0 Å². The van der Waals surface area contributed by atoms with E-state index in [0.29, 0.717) is 0 Å². The van der Waals surface area contributed by atoms with E-state index >= 15 is 0 Å².